The number of fused-ring (bicyclic) bond motifs is 1. The predicted molar refractivity (Wildman–Crippen MR) is 107 cm³/mol. The number of urea groups is 1. The Morgan fingerprint density at radius 1 is 1.27 bits per heavy atom. The van der Waals surface area contributed by atoms with Crippen LogP contribution in [0.4, 0.5) is 16.2 Å². The molecule has 0 radical (unpaired) electrons. The Labute approximate surface area is 161 Å². The number of anilines is 2. The Bertz CT molecular complexity index is 632. The summed E-state index contributed by atoms with van der Waals surface area (Å²) >= 11 is 0. The van der Waals surface area contributed by atoms with Crippen LogP contribution in [0.5, 0.6) is 0 Å². The number of carbonyl (C=O) groups excluding carboxylic acids is 2. The van der Waals surface area contributed by atoms with E-state index in [1.54, 1.807) is 4.90 Å². The van der Waals surface area contributed by atoms with Gasteiger partial charge in [-0.2, -0.15) is 0 Å². The summed E-state index contributed by atoms with van der Waals surface area (Å²) in [5.74, 6) is 0.710. The number of hydrogen-bond acceptors (Lipinski definition) is 3. The second-order valence-corrected chi connectivity index (χ2v) is 6.86. The highest BCUT2D eigenvalue weighted by Crippen LogP contribution is 2.31. The third kappa shape index (κ3) is 5.11. The van der Waals surface area contributed by atoms with Gasteiger partial charge >= 0.3 is 6.03 Å². The Balaban J connectivity index is 0.00000243. The lowest BCUT2D eigenvalue weighted by Crippen LogP contribution is -2.38. The van der Waals surface area contributed by atoms with Gasteiger partial charge < -0.3 is 16.0 Å². The van der Waals surface area contributed by atoms with E-state index < -0.39 is 0 Å². The zero-order valence-corrected chi connectivity index (χ0v) is 16.2. The standard InChI is InChI=1S/C19H28N4O2.ClH/c1-2-21-19(25)23-12-9-15-4-5-16(13-17(15)23)22-18(24)6-3-14-7-10-20-11-8-14;/h4-5,13-14,20H,2-3,6-12H2,1H3,(H,21,25)(H,22,24);1H. The Morgan fingerprint density at radius 3 is 2.77 bits per heavy atom. The summed E-state index contributed by atoms with van der Waals surface area (Å²) in [5, 5.41) is 9.18. The molecule has 3 N–H and O–H groups in total. The van der Waals surface area contributed by atoms with Gasteiger partial charge in [0.15, 0.2) is 0 Å². The monoisotopic (exact) mass is 380 g/mol. The SMILES string of the molecule is CCNC(=O)N1CCc2ccc(NC(=O)CCC3CCNCC3)cc21.Cl. The highest BCUT2D eigenvalue weighted by atomic mass is 35.5. The molecule has 0 spiro atoms. The number of hydrogen-bond donors (Lipinski definition) is 3. The molecule has 2 heterocycles. The number of amides is 3. The van der Waals surface area contributed by atoms with E-state index in [4.69, 9.17) is 0 Å². The van der Waals surface area contributed by atoms with Crippen molar-refractivity contribution in [1.29, 1.82) is 0 Å². The first-order valence-corrected chi connectivity index (χ1v) is 9.36. The first kappa shape index (κ1) is 20.5. The average molecular weight is 381 g/mol. The van der Waals surface area contributed by atoms with Crippen molar-refractivity contribution in [2.45, 2.75) is 39.0 Å². The maximum atomic E-state index is 12.3. The molecule has 0 saturated carbocycles. The highest BCUT2D eigenvalue weighted by molar-refractivity contribution is 5.96. The van der Waals surface area contributed by atoms with Crippen LogP contribution in [0, 0.1) is 5.92 Å². The van der Waals surface area contributed by atoms with Crippen LogP contribution in [0.15, 0.2) is 18.2 Å². The molecule has 0 aliphatic carbocycles. The summed E-state index contributed by atoms with van der Waals surface area (Å²) in [5.41, 5.74) is 2.83. The molecule has 0 unspecified atom stereocenters. The second kappa shape index (κ2) is 9.78. The van der Waals surface area contributed by atoms with E-state index in [0.29, 0.717) is 25.4 Å². The van der Waals surface area contributed by atoms with E-state index in [-0.39, 0.29) is 24.3 Å². The molecule has 2 aliphatic heterocycles. The van der Waals surface area contributed by atoms with Crippen molar-refractivity contribution in [2.75, 3.05) is 36.4 Å². The van der Waals surface area contributed by atoms with Crippen LogP contribution in [0.1, 0.15) is 38.2 Å². The van der Waals surface area contributed by atoms with Crippen molar-refractivity contribution in [1.82, 2.24) is 10.6 Å². The van der Waals surface area contributed by atoms with Gasteiger partial charge in [-0.1, -0.05) is 6.07 Å². The van der Waals surface area contributed by atoms with Crippen LogP contribution < -0.4 is 20.9 Å². The van der Waals surface area contributed by atoms with E-state index >= 15 is 0 Å². The lowest BCUT2D eigenvalue weighted by molar-refractivity contribution is -0.116. The normalized spacial score (nSPS) is 16.6. The smallest absolute Gasteiger partial charge is 0.321 e. The van der Waals surface area contributed by atoms with Gasteiger partial charge in [-0.25, -0.2) is 4.79 Å². The molecule has 2 aliphatic rings. The Morgan fingerprint density at radius 2 is 2.04 bits per heavy atom. The van der Waals surface area contributed by atoms with Gasteiger partial charge in [0, 0.05) is 25.2 Å². The predicted octanol–water partition coefficient (Wildman–Crippen LogP) is 2.92. The molecular weight excluding hydrogens is 352 g/mol. The maximum absolute atomic E-state index is 12.3. The molecule has 0 atom stereocenters. The molecule has 0 bridgehead atoms. The fourth-order valence-corrected chi connectivity index (χ4v) is 3.64. The van der Waals surface area contributed by atoms with Gasteiger partial charge in [0.05, 0.1) is 5.69 Å². The van der Waals surface area contributed by atoms with Crippen LogP contribution in [0.3, 0.4) is 0 Å². The summed E-state index contributed by atoms with van der Waals surface area (Å²) in [6.45, 7) is 5.33. The van der Waals surface area contributed by atoms with E-state index in [0.717, 1.165) is 55.7 Å². The Kier molecular flexibility index (Phi) is 7.72. The maximum Gasteiger partial charge on any atom is 0.321 e. The van der Waals surface area contributed by atoms with Gasteiger partial charge in [0.2, 0.25) is 5.91 Å². The largest absolute Gasteiger partial charge is 0.338 e. The summed E-state index contributed by atoms with van der Waals surface area (Å²) in [6, 6.07) is 5.79. The van der Waals surface area contributed by atoms with Crippen molar-refractivity contribution in [3.63, 3.8) is 0 Å². The fraction of sp³-hybridized carbons (Fsp3) is 0.579. The van der Waals surface area contributed by atoms with Crippen LogP contribution in [-0.2, 0) is 11.2 Å². The second-order valence-electron chi connectivity index (χ2n) is 6.86. The molecule has 1 saturated heterocycles. The molecule has 1 aromatic rings. The van der Waals surface area contributed by atoms with Crippen LogP contribution in [0.25, 0.3) is 0 Å². The van der Waals surface area contributed by atoms with Gasteiger partial charge in [-0.15, -0.1) is 12.4 Å². The minimum Gasteiger partial charge on any atom is -0.338 e. The van der Waals surface area contributed by atoms with Gasteiger partial charge in [-0.05, 0) is 69.3 Å². The van der Waals surface area contributed by atoms with E-state index in [1.165, 1.54) is 0 Å². The number of nitrogens with zero attached hydrogens (tertiary/aromatic N) is 1. The molecule has 6 nitrogen and oxygen atoms in total. The van der Waals surface area contributed by atoms with Crippen LogP contribution >= 0.6 is 12.4 Å². The lowest BCUT2D eigenvalue weighted by Gasteiger charge is -2.22. The molecule has 7 heteroatoms. The lowest BCUT2D eigenvalue weighted by atomic mass is 9.93. The number of nitrogens with one attached hydrogen (secondary N) is 3. The van der Waals surface area contributed by atoms with Gasteiger partial charge in [0.1, 0.15) is 0 Å². The summed E-state index contributed by atoms with van der Waals surface area (Å²) < 4.78 is 0. The number of halogens is 1. The van der Waals surface area contributed by atoms with Crippen molar-refractivity contribution in [3.8, 4) is 0 Å². The minimum absolute atomic E-state index is 0. The Hall–Kier alpha value is -1.79. The van der Waals surface area contributed by atoms with E-state index in [9.17, 15) is 9.59 Å². The number of benzene rings is 1. The first-order chi connectivity index (χ1) is 12.2. The summed E-state index contributed by atoms with van der Waals surface area (Å²) in [4.78, 5) is 26.1. The number of rotatable bonds is 5. The topological polar surface area (TPSA) is 73.5 Å². The third-order valence-corrected chi connectivity index (χ3v) is 5.08. The molecule has 3 amide bonds. The van der Waals surface area contributed by atoms with E-state index in [2.05, 4.69) is 16.0 Å². The molecular formula is C19H29ClN4O2. The number of piperidine rings is 1. The zero-order valence-electron chi connectivity index (χ0n) is 15.3. The van der Waals surface area contributed by atoms with Crippen LogP contribution in [0.2, 0.25) is 0 Å². The van der Waals surface area contributed by atoms with Crippen LogP contribution in [-0.4, -0.2) is 38.1 Å². The molecule has 26 heavy (non-hydrogen) atoms. The van der Waals surface area contributed by atoms with Crippen molar-refractivity contribution in [2.24, 2.45) is 5.92 Å². The molecule has 1 fully saturated rings. The molecule has 144 valence electrons. The van der Waals surface area contributed by atoms with Crippen molar-refractivity contribution >= 4 is 35.7 Å². The zero-order chi connectivity index (χ0) is 17.6. The van der Waals surface area contributed by atoms with E-state index in [1.807, 2.05) is 25.1 Å². The average Bonchev–Trinajstić information content (AvgIpc) is 3.04. The molecule has 1 aromatic carbocycles. The van der Waals surface area contributed by atoms with Gasteiger partial charge in [-0.3, -0.25) is 9.69 Å². The quantitative estimate of drug-likeness (QED) is 0.735. The first-order valence-electron chi connectivity index (χ1n) is 9.36. The van der Waals surface area contributed by atoms with Crippen molar-refractivity contribution < 1.29 is 9.59 Å². The number of carbonyl (C=O) groups is 2. The molecule has 0 aromatic heterocycles. The fourth-order valence-electron chi connectivity index (χ4n) is 3.64. The summed E-state index contributed by atoms with van der Waals surface area (Å²) in [6.07, 6.45) is 4.68. The van der Waals surface area contributed by atoms with Crippen molar-refractivity contribution in [3.05, 3.63) is 23.8 Å². The minimum atomic E-state index is -0.0735. The molecule has 3 rings (SSSR count). The third-order valence-electron chi connectivity index (χ3n) is 5.08. The highest BCUT2D eigenvalue weighted by Gasteiger charge is 2.24. The summed E-state index contributed by atoms with van der Waals surface area (Å²) in [7, 11) is 0. The van der Waals surface area contributed by atoms with Gasteiger partial charge in [0.25, 0.3) is 0 Å².